The van der Waals surface area contributed by atoms with Gasteiger partial charge in [0.1, 0.15) is 0 Å². The summed E-state index contributed by atoms with van der Waals surface area (Å²) >= 11 is 3.45. The van der Waals surface area contributed by atoms with Gasteiger partial charge in [0.15, 0.2) is 0 Å². The van der Waals surface area contributed by atoms with Crippen LogP contribution in [-0.4, -0.2) is 16.3 Å². The summed E-state index contributed by atoms with van der Waals surface area (Å²) in [5.74, 6) is 0. The van der Waals surface area contributed by atoms with E-state index in [4.69, 9.17) is 5.73 Å². The van der Waals surface area contributed by atoms with E-state index in [0.29, 0.717) is 6.54 Å². The Labute approximate surface area is 86.9 Å². The molecule has 0 spiro atoms. The van der Waals surface area contributed by atoms with Crippen LogP contribution < -0.4 is 5.73 Å². The molecule has 0 aliphatic carbocycles. The lowest BCUT2D eigenvalue weighted by atomic mass is 10.4. The number of hydrogen-bond acceptors (Lipinski definition) is 2. The van der Waals surface area contributed by atoms with E-state index in [-0.39, 0.29) is 12.4 Å². The summed E-state index contributed by atoms with van der Waals surface area (Å²) in [7, 11) is 0. The SMILES string of the molecule is Cc1nn(CCN)c(C)c1Br.Cl. The summed E-state index contributed by atoms with van der Waals surface area (Å²) in [6, 6.07) is 0. The van der Waals surface area contributed by atoms with Gasteiger partial charge in [-0.25, -0.2) is 0 Å². The van der Waals surface area contributed by atoms with Crippen molar-refractivity contribution in [3.05, 3.63) is 15.9 Å². The molecule has 0 bridgehead atoms. The monoisotopic (exact) mass is 253 g/mol. The van der Waals surface area contributed by atoms with Gasteiger partial charge in [-0.2, -0.15) is 5.10 Å². The normalized spacial score (nSPS) is 9.67. The Morgan fingerprint density at radius 2 is 2.08 bits per heavy atom. The van der Waals surface area contributed by atoms with Gasteiger partial charge in [0.05, 0.1) is 16.7 Å². The number of aryl methyl sites for hydroxylation is 1. The molecule has 70 valence electrons. The van der Waals surface area contributed by atoms with Crippen molar-refractivity contribution in [3.63, 3.8) is 0 Å². The van der Waals surface area contributed by atoms with Gasteiger partial charge in [0, 0.05) is 12.2 Å². The van der Waals surface area contributed by atoms with Crippen LogP contribution in [0.4, 0.5) is 0 Å². The number of hydrogen-bond donors (Lipinski definition) is 1. The van der Waals surface area contributed by atoms with Gasteiger partial charge in [-0.05, 0) is 29.8 Å². The van der Waals surface area contributed by atoms with Crippen molar-refractivity contribution >= 4 is 28.3 Å². The Kier molecular flexibility index (Phi) is 4.82. The molecule has 0 amide bonds. The van der Waals surface area contributed by atoms with E-state index in [1.165, 1.54) is 0 Å². The van der Waals surface area contributed by atoms with Crippen LogP contribution in [0.2, 0.25) is 0 Å². The minimum atomic E-state index is 0. The molecule has 1 rings (SSSR count). The second-order valence-corrected chi connectivity index (χ2v) is 3.29. The number of aromatic nitrogens is 2. The first-order valence-corrected chi connectivity index (χ1v) is 4.35. The van der Waals surface area contributed by atoms with Crippen molar-refractivity contribution in [2.75, 3.05) is 6.54 Å². The van der Waals surface area contributed by atoms with Crippen LogP contribution >= 0.6 is 28.3 Å². The van der Waals surface area contributed by atoms with Gasteiger partial charge < -0.3 is 5.73 Å². The van der Waals surface area contributed by atoms with Crippen LogP contribution in [0.25, 0.3) is 0 Å². The first kappa shape index (κ1) is 11.9. The Balaban J connectivity index is 0.00000121. The molecule has 0 aromatic carbocycles. The third-order valence-electron chi connectivity index (χ3n) is 1.63. The number of rotatable bonds is 2. The maximum Gasteiger partial charge on any atom is 0.0738 e. The fraction of sp³-hybridized carbons (Fsp3) is 0.571. The van der Waals surface area contributed by atoms with Crippen molar-refractivity contribution in [3.8, 4) is 0 Å². The van der Waals surface area contributed by atoms with Gasteiger partial charge in [0.25, 0.3) is 0 Å². The Hall–Kier alpha value is -0.0600. The van der Waals surface area contributed by atoms with E-state index >= 15 is 0 Å². The molecule has 0 fully saturated rings. The minimum Gasteiger partial charge on any atom is -0.329 e. The molecule has 0 radical (unpaired) electrons. The Bertz CT molecular complexity index is 259. The van der Waals surface area contributed by atoms with Gasteiger partial charge >= 0.3 is 0 Å². The lowest BCUT2D eigenvalue weighted by Crippen LogP contribution is -2.12. The molecule has 1 aromatic rings. The van der Waals surface area contributed by atoms with Crippen molar-refractivity contribution < 1.29 is 0 Å². The zero-order valence-electron chi connectivity index (χ0n) is 7.17. The predicted molar refractivity (Wildman–Crippen MR) is 55.7 cm³/mol. The fourth-order valence-corrected chi connectivity index (χ4v) is 1.30. The molecular formula is C7H13BrClN3. The van der Waals surface area contributed by atoms with Crippen LogP contribution in [0, 0.1) is 13.8 Å². The molecule has 3 nitrogen and oxygen atoms in total. The van der Waals surface area contributed by atoms with Crippen LogP contribution in [0.5, 0.6) is 0 Å². The van der Waals surface area contributed by atoms with Crippen LogP contribution in [-0.2, 0) is 6.54 Å². The van der Waals surface area contributed by atoms with E-state index < -0.39 is 0 Å². The van der Waals surface area contributed by atoms with Crippen LogP contribution in [0.15, 0.2) is 4.47 Å². The first-order chi connectivity index (χ1) is 5.16. The quantitative estimate of drug-likeness (QED) is 0.872. The molecule has 0 saturated carbocycles. The van der Waals surface area contributed by atoms with E-state index in [1.807, 2.05) is 18.5 Å². The minimum absolute atomic E-state index is 0. The highest BCUT2D eigenvalue weighted by Gasteiger charge is 2.06. The van der Waals surface area contributed by atoms with Crippen molar-refractivity contribution in [2.45, 2.75) is 20.4 Å². The van der Waals surface area contributed by atoms with E-state index in [0.717, 1.165) is 22.4 Å². The standard InChI is InChI=1S/C7H12BrN3.ClH/c1-5-7(8)6(2)11(10-5)4-3-9;/h3-4,9H2,1-2H3;1H. The average Bonchev–Trinajstić information content (AvgIpc) is 2.19. The molecule has 0 aliphatic rings. The summed E-state index contributed by atoms with van der Waals surface area (Å²) in [6.45, 7) is 5.43. The lowest BCUT2D eigenvalue weighted by molar-refractivity contribution is 0.603. The summed E-state index contributed by atoms with van der Waals surface area (Å²) in [5, 5.41) is 4.29. The predicted octanol–water partition coefficient (Wildman–Crippen LogP) is 1.64. The van der Waals surface area contributed by atoms with E-state index in [9.17, 15) is 0 Å². The molecule has 0 saturated heterocycles. The molecule has 0 aliphatic heterocycles. The van der Waals surface area contributed by atoms with Gasteiger partial charge in [-0.1, -0.05) is 0 Å². The van der Waals surface area contributed by atoms with E-state index in [2.05, 4.69) is 21.0 Å². The average molecular weight is 255 g/mol. The molecule has 1 heterocycles. The van der Waals surface area contributed by atoms with Crippen molar-refractivity contribution in [1.29, 1.82) is 0 Å². The molecule has 2 N–H and O–H groups in total. The van der Waals surface area contributed by atoms with Crippen LogP contribution in [0.1, 0.15) is 11.4 Å². The molecule has 0 atom stereocenters. The third-order valence-corrected chi connectivity index (χ3v) is 2.78. The topological polar surface area (TPSA) is 43.8 Å². The molecule has 1 aromatic heterocycles. The highest BCUT2D eigenvalue weighted by molar-refractivity contribution is 9.10. The second kappa shape index (κ2) is 4.84. The smallest absolute Gasteiger partial charge is 0.0738 e. The summed E-state index contributed by atoms with van der Waals surface area (Å²) in [6.07, 6.45) is 0. The summed E-state index contributed by atoms with van der Waals surface area (Å²) in [4.78, 5) is 0. The largest absolute Gasteiger partial charge is 0.329 e. The zero-order valence-corrected chi connectivity index (χ0v) is 9.57. The maximum absolute atomic E-state index is 5.41. The molecule has 12 heavy (non-hydrogen) atoms. The first-order valence-electron chi connectivity index (χ1n) is 3.56. The summed E-state index contributed by atoms with van der Waals surface area (Å²) in [5.41, 5.74) is 7.58. The van der Waals surface area contributed by atoms with Gasteiger partial charge in [-0.3, -0.25) is 4.68 Å². The highest BCUT2D eigenvalue weighted by atomic mass is 79.9. The number of nitrogens with two attached hydrogens (primary N) is 1. The van der Waals surface area contributed by atoms with Gasteiger partial charge in [-0.15, -0.1) is 12.4 Å². The Morgan fingerprint density at radius 1 is 1.50 bits per heavy atom. The zero-order chi connectivity index (χ0) is 8.43. The highest BCUT2D eigenvalue weighted by Crippen LogP contribution is 2.19. The lowest BCUT2D eigenvalue weighted by Gasteiger charge is -1.99. The molecule has 5 heteroatoms. The fourth-order valence-electron chi connectivity index (χ4n) is 1.02. The van der Waals surface area contributed by atoms with Crippen LogP contribution in [0.3, 0.4) is 0 Å². The third kappa shape index (κ3) is 2.21. The Morgan fingerprint density at radius 3 is 2.42 bits per heavy atom. The van der Waals surface area contributed by atoms with E-state index in [1.54, 1.807) is 0 Å². The number of halogens is 2. The molecule has 0 unspecified atom stereocenters. The number of nitrogens with zero attached hydrogens (tertiary/aromatic N) is 2. The van der Waals surface area contributed by atoms with Gasteiger partial charge in [0.2, 0.25) is 0 Å². The van der Waals surface area contributed by atoms with Crippen molar-refractivity contribution in [2.24, 2.45) is 5.73 Å². The second-order valence-electron chi connectivity index (χ2n) is 2.50. The maximum atomic E-state index is 5.41. The summed E-state index contributed by atoms with van der Waals surface area (Å²) < 4.78 is 3.00. The molecular weight excluding hydrogens is 241 g/mol. The van der Waals surface area contributed by atoms with Crippen molar-refractivity contribution in [1.82, 2.24) is 9.78 Å².